The van der Waals surface area contributed by atoms with Gasteiger partial charge in [0.15, 0.2) is 0 Å². The summed E-state index contributed by atoms with van der Waals surface area (Å²) >= 11 is 5.97. The number of benzene rings is 2. The van der Waals surface area contributed by atoms with Crippen molar-refractivity contribution in [3.63, 3.8) is 0 Å². The van der Waals surface area contributed by atoms with Gasteiger partial charge in [-0.05, 0) is 36.4 Å². The van der Waals surface area contributed by atoms with Crippen molar-refractivity contribution in [1.29, 1.82) is 0 Å². The molecule has 150 valence electrons. The molecular weight excluding hydrogens is 408 g/mol. The van der Waals surface area contributed by atoms with Crippen LogP contribution in [0.3, 0.4) is 0 Å². The zero-order chi connectivity index (χ0) is 20.9. The fourth-order valence-electron chi connectivity index (χ4n) is 2.41. The molecule has 28 heavy (non-hydrogen) atoms. The molecule has 10 heteroatoms. The third kappa shape index (κ3) is 5.37. The number of methoxy groups -OCH3 is 2. The van der Waals surface area contributed by atoms with Crippen molar-refractivity contribution in [3.8, 4) is 5.75 Å². The topological polar surface area (TPSA) is 102 Å². The van der Waals surface area contributed by atoms with E-state index in [-0.39, 0.29) is 22.0 Å². The Kier molecular flexibility index (Phi) is 6.87. The summed E-state index contributed by atoms with van der Waals surface area (Å²) in [5, 5.41) is 2.85. The number of rotatable bonds is 7. The number of carbonyl (C=O) groups is 2. The first kappa shape index (κ1) is 21.5. The van der Waals surface area contributed by atoms with Crippen LogP contribution in [0.2, 0.25) is 5.02 Å². The van der Waals surface area contributed by atoms with E-state index in [2.05, 4.69) is 10.1 Å². The van der Waals surface area contributed by atoms with Crippen molar-refractivity contribution < 1.29 is 27.5 Å². The number of nitrogens with one attached hydrogen (secondary N) is 1. The molecule has 0 aliphatic rings. The third-order valence-electron chi connectivity index (χ3n) is 3.66. The van der Waals surface area contributed by atoms with Crippen LogP contribution in [0.5, 0.6) is 5.75 Å². The van der Waals surface area contributed by atoms with E-state index >= 15 is 0 Å². The molecule has 0 atom stereocenters. The second-order valence-corrected chi connectivity index (χ2v) is 8.05. The van der Waals surface area contributed by atoms with E-state index in [1.807, 2.05) is 0 Å². The van der Waals surface area contributed by atoms with Gasteiger partial charge < -0.3 is 14.8 Å². The second-order valence-electron chi connectivity index (χ2n) is 5.71. The maximum absolute atomic E-state index is 12.5. The third-order valence-corrected chi connectivity index (χ3v) is 5.03. The molecule has 2 aromatic rings. The van der Waals surface area contributed by atoms with E-state index in [9.17, 15) is 18.0 Å². The molecule has 0 radical (unpaired) electrons. The van der Waals surface area contributed by atoms with Crippen LogP contribution in [-0.2, 0) is 19.6 Å². The lowest BCUT2D eigenvalue weighted by molar-refractivity contribution is -0.114. The van der Waals surface area contributed by atoms with Crippen molar-refractivity contribution >= 4 is 44.9 Å². The summed E-state index contributed by atoms with van der Waals surface area (Å²) in [6, 6.07) is 10.5. The fourth-order valence-corrected chi connectivity index (χ4v) is 3.43. The van der Waals surface area contributed by atoms with Crippen LogP contribution < -0.4 is 14.4 Å². The summed E-state index contributed by atoms with van der Waals surface area (Å²) in [4.78, 5) is 24.1. The number of anilines is 2. The van der Waals surface area contributed by atoms with E-state index in [1.54, 1.807) is 18.2 Å². The van der Waals surface area contributed by atoms with Crippen LogP contribution in [0, 0.1) is 0 Å². The van der Waals surface area contributed by atoms with Crippen molar-refractivity contribution in [2.45, 2.75) is 0 Å². The van der Waals surface area contributed by atoms with Crippen molar-refractivity contribution in [1.82, 2.24) is 0 Å². The Morgan fingerprint density at radius 1 is 1.14 bits per heavy atom. The number of nitrogens with zero attached hydrogens (tertiary/aromatic N) is 1. The molecule has 0 aromatic heterocycles. The quantitative estimate of drug-likeness (QED) is 0.682. The normalized spacial score (nSPS) is 10.9. The minimum absolute atomic E-state index is 0.135. The van der Waals surface area contributed by atoms with Crippen molar-refractivity contribution in [2.75, 3.05) is 36.6 Å². The Morgan fingerprint density at radius 2 is 1.86 bits per heavy atom. The fraction of sp³-hybridized carbons (Fsp3) is 0.222. The van der Waals surface area contributed by atoms with Crippen LogP contribution in [0.15, 0.2) is 42.5 Å². The maximum Gasteiger partial charge on any atom is 0.337 e. The molecule has 0 unspecified atom stereocenters. The molecule has 8 nitrogen and oxygen atoms in total. The van der Waals surface area contributed by atoms with Gasteiger partial charge in [0, 0.05) is 10.7 Å². The second kappa shape index (κ2) is 8.94. The molecule has 2 rings (SSSR count). The van der Waals surface area contributed by atoms with E-state index in [4.69, 9.17) is 16.3 Å². The van der Waals surface area contributed by atoms with Crippen LogP contribution in [0.25, 0.3) is 0 Å². The zero-order valence-corrected chi connectivity index (χ0v) is 17.0. The number of carbonyl (C=O) groups excluding carboxylic acids is 2. The summed E-state index contributed by atoms with van der Waals surface area (Å²) in [6.45, 7) is -0.516. The Balaban J connectivity index is 2.28. The minimum Gasteiger partial charge on any atom is -0.495 e. The van der Waals surface area contributed by atoms with Crippen LogP contribution in [0.1, 0.15) is 10.4 Å². The molecule has 0 bridgehead atoms. The monoisotopic (exact) mass is 426 g/mol. The lowest BCUT2D eigenvalue weighted by atomic mass is 10.2. The molecule has 0 aliphatic carbocycles. The van der Waals surface area contributed by atoms with Crippen molar-refractivity contribution in [2.24, 2.45) is 0 Å². The Labute approximate surface area is 168 Å². The maximum atomic E-state index is 12.5. The minimum atomic E-state index is -3.82. The van der Waals surface area contributed by atoms with Gasteiger partial charge >= 0.3 is 5.97 Å². The molecule has 1 amide bonds. The number of esters is 1. The molecule has 0 fully saturated rings. The first-order valence-corrected chi connectivity index (χ1v) is 10.2. The van der Waals surface area contributed by atoms with E-state index in [0.717, 1.165) is 10.6 Å². The van der Waals surface area contributed by atoms with Gasteiger partial charge in [0.25, 0.3) is 0 Å². The van der Waals surface area contributed by atoms with Gasteiger partial charge in [0.1, 0.15) is 12.3 Å². The smallest absolute Gasteiger partial charge is 0.337 e. The summed E-state index contributed by atoms with van der Waals surface area (Å²) in [7, 11) is -1.19. The summed E-state index contributed by atoms with van der Waals surface area (Å²) in [5.74, 6) is -0.928. The number of halogens is 1. The van der Waals surface area contributed by atoms with Gasteiger partial charge in [0.2, 0.25) is 15.9 Å². The predicted octanol–water partition coefficient (Wildman–Crippen LogP) is 2.54. The largest absolute Gasteiger partial charge is 0.495 e. The molecular formula is C18H19ClN2O6S. The lowest BCUT2D eigenvalue weighted by Gasteiger charge is -2.24. The van der Waals surface area contributed by atoms with Crippen LogP contribution in [0.4, 0.5) is 11.4 Å². The number of ether oxygens (including phenoxy) is 2. The molecule has 0 saturated heterocycles. The highest BCUT2D eigenvalue weighted by molar-refractivity contribution is 7.92. The predicted molar refractivity (Wildman–Crippen MR) is 107 cm³/mol. The van der Waals surface area contributed by atoms with Crippen molar-refractivity contribution in [3.05, 3.63) is 53.1 Å². The Hall–Kier alpha value is -2.78. The van der Waals surface area contributed by atoms with Gasteiger partial charge in [-0.1, -0.05) is 17.7 Å². The number of hydrogen-bond donors (Lipinski definition) is 1. The highest BCUT2D eigenvalue weighted by atomic mass is 35.5. The number of hydrogen-bond acceptors (Lipinski definition) is 6. The van der Waals surface area contributed by atoms with Gasteiger partial charge in [-0.2, -0.15) is 0 Å². The van der Waals surface area contributed by atoms with Crippen LogP contribution >= 0.6 is 11.6 Å². The summed E-state index contributed by atoms with van der Waals surface area (Å²) in [6.07, 6.45) is 0.971. The highest BCUT2D eigenvalue weighted by Crippen LogP contribution is 2.32. The molecule has 0 heterocycles. The lowest BCUT2D eigenvalue weighted by Crippen LogP contribution is -2.37. The molecule has 0 saturated carbocycles. The van der Waals surface area contributed by atoms with Gasteiger partial charge in [-0.15, -0.1) is 0 Å². The molecule has 1 N–H and O–H groups in total. The van der Waals surface area contributed by atoms with Gasteiger partial charge in [0.05, 0.1) is 31.7 Å². The summed E-state index contributed by atoms with van der Waals surface area (Å²) in [5.41, 5.74) is 0.701. The molecule has 0 aliphatic heterocycles. The average Bonchev–Trinajstić information content (AvgIpc) is 2.64. The van der Waals surface area contributed by atoms with E-state index in [1.165, 1.54) is 38.5 Å². The van der Waals surface area contributed by atoms with E-state index in [0.29, 0.717) is 5.69 Å². The van der Waals surface area contributed by atoms with E-state index < -0.39 is 28.4 Å². The molecule has 0 spiro atoms. The first-order valence-electron chi connectivity index (χ1n) is 7.95. The number of amides is 1. The number of sulfonamides is 1. The zero-order valence-electron chi connectivity index (χ0n) is 15.4. The molecule has 2 aromatic carbocycles. The SMILES string of the molecule is COC(=O)c1cccc(NC(=O)CN(c2cc(Cl)ccc2OC)S(C)(=O)=O)c1. The Morgan fingerprint density at radius 3 is 2.46 bits per heavy atom. The highest BCUT2D eigenvalue weighted by Gasteiger charge is 2.24. The van der Waals surface area contributed by atoms with Gasteiger partial charge in [-0.25, -0.2) is 13.2 Å². The standard InChI is InChI=1S/C18H19ClN2O6S/c1-26-16-8-7-13(19)10-15(16)21(28(3,24)25)11-17(22)20-14-6-4-5-12(9-14)18(23)27-2/h4-10H,11H2,1-3H3,(H,20,22). The van der Waals surface area contributed by atoms with Crippen LogP contribution in [-0.4, -0.2) is 47.3 Å². The Bertz CT molecular complexity index is 993. The van der Waals surface area contributed by atoms with Gasteiger partial charge in [-0.3, -0.25) is 9.10 Å². The summed E-state index contributed by atoms with van der Waals surface area (Å²) < 4.78 is 35.2. The average molecular weight is 427 g/mol. The first-order chi connectivity index (χ1) is 13.2.